The molecule has 0 radical (unpaired) electrons. The first-order valence-electron chi connectivity index (χ1n) is 10.9. The van der Waals surface area contributed by atoms with Gasteiger partial charge < -0.3 is 0 Å². The molecule has 2 aromatic carbocycles. The van der Waals surface area contributed by atoms with Crippen molar-refractivity contribution in [2.24, 2.45) is 5.92 Å². The lowest BCUT2D eigenvalue weighted by Gasteiger charge is -2.48. The summed E-state index contributed by atoms with van der Waals surface area (Å²) in [6.07, 6.45) is 4.91. The van der Waals surface area contributed by atoms with E-state index in [1.54, 1.807) is 10.6 Å². The van der Waals surface area contributed by atoms with Crippen LogP contribution in [0, 0.1) is 5.92 Å². The molecular formula is C27H37P3. The SMILES string of the molecule is CC(C1C(Pc2ccccc2)=CC=C1Pc1ccccc1)P(C(C)(C)C)C(C)(C)C. The monoisotopic (exact) mass is 454 g/mol. The van der Waals surface area contributed by atoms with Crippen LogP contribution in [-0.2, 0) is 0 Å². The molecule has 0 N–H and O–H groups in total. The fourth-order valence-electron chi connectivity index (χ4n) is 5.07. The number of allylic oxidation sites excluding steroid dienone is 4. The number of hydrogen-bond donors (Lipinski definition) is 0. The largest absolute Gasteiger partial charge is 0.0918 e. The highest BCUT2D eigenvalue weighted by Crippen LogP contribution is 2.67. The summed E-state index contributed by atoms with van der Waals surface area (Å²) in [5, 5.41) is 6.83. The van der Waals surface area contributed by atoms with E-state index in [-0.39, 0.29) is 7.92 Å². The average molecular weight is 455 g/mol. The van der Waals surface area contributed by atoms with E-state index in [0.717, 1.165) is 17.2 Å². The Morgan fingerprint density at radius 3 is 1.37 bits per heavy atom. The van der Waals surface area contributed by atoms with Gasteiger partial charge in [-0.15, -0.1) is 0 Å². The summed E-state index contributed by atoms with van der Waals surface area (Å²) >= 11 is 0. The Balaban J connectivity index is 1.95. The fraction of sp³-hybridized carbons (Fsp3) is 0.407. The highest BCUT2D eigenvalue weighted by atomic mass is 31.1. The van der Waals surface area contributed by atoms with Crippen LogP contribution in [0.2, 0.25) is 0 Å². The van der Waals surface area contributed by atoms with Gasteiger partial charge in [0.1, 0.15) is 0 Å². The van der Waals surface area contributed by atoms with Crippen molar-refractivity contribution in [2.75, 3.05) is 0 Å². The van der Waals surface area contributed by atoms with Gasteiger partial charge in [0, 0.05) is 5.92 Å². The van der Waals surface area contributed by atoms with Crippen molar-refractivity contribution in [2.45, 2.75) is 64.4 Å². The third-order valence-corrected chi connectivity index (χ3v) is 12.4. The van der Waals surface area contributed by atoms with E-state index in [2.05, 4.69) is 121 Å². The quantitative estimate of drug-likeness (QED) is 0.390. The molecule has 0 fully saturated rings. The molecule has 0 saturated carbocycles. The zero-order valence-corrected chi connectivity index (χ0v) is 22.4. The topological polar surface area (TPSA) is 0 Å². The second-order valence-corrected chi connectivity index (χ2v) is 17.2. The molecular weight excluding hydrogens is 417 g/mol. The zero-order valence-electron chi connectivity index (χ0n) is 19.5. The Hall–Kier alpha value is -0.790. The van der Waals surface area contributed by atoms with Crippen molar-refractivity contribution in [3.05, 3.63) is 83.4 Å². The van der Waals surface area contributed by atoms with Crippen LogP contribution in [0.4, 0.5) is 0 Å². The molecule has 0 aromatic heterocycles. The van der Waals surface area contributed by atoms with Crippen LogP contribution in [0.15, 0.2) is 83.4 Å². The van der Waals surface area contributed by atoms with Crippen LogP contribution in [0.3, 0.4) is 0 Å². The van der Waals surface area contributed by atoms with Gasteiger partial charge in [0.05, 0.1) is 0 Å². The summed E-state index contributed by atoms with van der Waals surface area (Å²) in [6.45, 7) is 17.3. The van der Waals surface area contributed by atoms with Crippen molar-refractivity contribution in [1.82, 2.24) is 0 Å². The van der Waals surface area contributed by atoms with E-state index in [0.29, 0.717) is 21.9 Å². The molecule has 0 amide bonds. The molecule has 3 unspecified atom stereocenters. The number of hydrogen-bond acceptors (Lipinski definition) is 0. The van der Waals surface area contributed by atoms with Gasteiger partial charge >= 0.3 is 0 Å². The molecule has 0 bridgehead atoms. The molecule has 0 nitrogen and oxygen atoms in total. The second-order valence-electron chi connectivity index (χ2n) is 10.2. The molecule has 0 aliphatic heterocycles. The summed E-state index contributed by atoms with van der Waals surface area (Å²) in [5.74, 6) is 0.562. The molecule has 1 aliphatic rings. The molecule has 3 rings (SSSR count). The molecule has 1 aliphatic carbocycles. The van der Waals surface area contributed by atoms with Gasteiger partial charge in [-0.1, -0.05) is 146 Å². The maximum absolute atomic E-state index is 2.55. The van der Waals surface area contributed by atoms with E-state index < -0.39 is 0 Å². The van der Waals surface area contributed by atoms with Crippen molar-refractivity contribution >= 4 is 35.7 Å². The lowest BCUT2D eigenvalue weighted by Crippen LogP contribution is -2.34. The van der Waals surface area contributed by atoms with E-state index in [9.17, 15) is 0 Å². The Labute approximate surface area is 189 Å². The molecule has 30 heavy (non-hydrogen) atoms. The third kappa shape index (κ3) is 5.92. The second kappa shape index (κ2) is 9.78. The van der Waals surface area contributed by atoms with Gasteiger partial charge in [0.25, 0.3) is 0 Å². The molecule has 160 valence electrons. The first kappa shape index (κ1) is 23.9. The molecule has 0 saturated heterocycles. The van der Waals surface area contributed by atoms with Crippen LogP contribution in [0.25, 0.3) is 0 Å². The lowest BCUT2D eigenvalue weighted by molar-refractivity contribution is 0.655. The van der Waals surface area contributed by atoms with Crippen LogP contribution in [0.1, 0.15) is 48.5 Å². The van der Waals surface area contributed by atoms with E-state index in [4.69, 9.17) is 0 Å². The Kier molecular flexibility index (Phi) is 7.78. The lowest BCUT2D eigenvalue weighted by atomic mass is 10.1. The van der Waals surface area contributed by atoms with Gasteiger partial charge in [0.2, 0.25) is 0 Å². The summed E-state index contributed by atoms with van der Waals surface area (Å²) in [7, 11) is 1.33. The first-order chi connectivity index (χ1) is 14.1. The van der Waals surface area contributed by atoms with Crippen molar-refractivity contribution < 1.29 is 0 Å². The molecule has 0 spiro atoms. The summed E-state index contributed by atoms with van der Waals surface area (Å²) in [4.78, 5) is 0. The Bertz CT molecular complexity index is 812. The molecule has 0 heterocycles. The maximum atomic E-state index is 2.55. The van der Waals surface area contributed by atoms with Gasteiger partial charge in [-0.05, 0) is 37.2 Å². The number of benzene rings is 2. The molecule has 3 heteroatoms. The standard InChI is InChI=1S/C27H37P3/c1-20(30(26(2,3)4)27(5,6)7)25-23(28-21-14-10-8-11-15-21)18-19-24(25)29-22-16-12-9-13-17-22/h8-20,25,28-29H,1-7H3. The highest BCUT2D eigenvalue weighted by molar-refractivity contribution is 7.62. The summed E-state index contributed by atoms with van der Waals surface area (Å²) in [5.41, 5.74) is 0.660. The Morgan fingerprint density at radius 1 is 0.667 bits per heavy atom. The summed E-state index contributed by atoms with van der Waals surface area (Å²) in [6, 6.07) is 22.1. The van der Waals surface area contributed by atoms with E-state index in [1.165, 1.54) is 10.6 Å². The molecule has 3 atom stereocenters. The minimum atomic E-state index is -0.190. The minimum absolute atomic E-state index is 0.190. The van der Waals surface area contributed by atoms with Crippen molar-refractivity contribution in [3.8, 4) is 0 Å². The van der Waals surface area contributed by atoms with Gasteiger partial charge in [-0.2, -0.15) is 0 Å². The number of rotatable bonds is 6. The first-order valence-corrected chi connectivity index (χ1v) is 14.3. The van der Waals surface area contributed by atoms with Crippen LogP contribution < -0.4 is 10.6 Å². The van der Waals surface area contributed by atoms with E-state index >= 15 is 0 Å². The van der Waals surface area contributed by atoms with E-state index in [1.807, 2.05) is 0 Å². The van der Waals surface area contributed by atoms with Crippen LogP contribution >= 0.6 is 25.1 Å². The minimum Gasteiger partial charge on any atom is -0.0918 e. The highest BCUT2D eigenvalue weighted by Gasteiger charge is 2.43. The Morgan fingerprint density at radius 2 is 1.03 bits per heavy atom. The molecule has 2 aromatic rings. The third-order valence-electron chi connectivity index (χ3n) is 5.57. The van der Waals surface area contributed by atoms with Crippen molar-refractivity contribution in [3.63, 3.8) is 0 Å². The zero-order chi connectivity index (χ0) is 21.9. The van der Waals surface area contributed by atoms with Gasteiger partial charge in [0.15, 0.2) is 0 Å². The average Bonchev–Trinajstić information content (AvgIpc) is 3.03. The summed E-state index contributed by atoms with van der Waals surface area (Å²) < 4.78 is 0. The smallest absolute Gasteiger partial charge is 0.0165 e. The maximum Gasteiger partial charge on any atom is 0.0165 e. The van der Waals surface area contributed by atoms with Gasteiger partial charge in [-0.3, -0.25) is 0 Å². The van der Waals surface area contributed by atoms with Crippen molar-refractivity contribution in [1.29, 1.82) is 0 Å². The van der Waals surface area contributed by atoms with Gasteiger partial charge in [-0.25, -0.2) is 0 Å². The fourth-order valence-corrected chi connectivity index (χ4v) is 13.4. The van der Waals surface area contributed by atoms with Crippen LogP contribution in [0.5, 0.6) is 0 Å². The van der Waals surface area contributed by atoms with Crippen LogP contribution in [-0.4, -0.2) is 16.0 Å². The predicted octanol–water partition coefficient (Wildman–Crippen LogP) is 7.86. The predicted molar refractivity (Wildman–Crippen MR) is 144 cm³/mol. The normalized spacial score (nSPS) is 19.1.